The monoisotopic (exact) mass is 380 g/mol. The molecule has 0 aliphatic carbocycles. The highest BCUT2D eigenvalue weighted by molar-refractivity contribution is 7.15. The summed E-state index contributed by atoms with van der Waals surface area (Å²) >= 11 is 1.68. The molecule has 5 rings (SSSR count). The van der Waals surface area contributed by atoms with Crippen molar-refractivity contribution in [3.63, 3.8) is 0 Å². The Morgan fingerprint density at radius 3 is 2.81 bits per heavy atom. The van der Waals surface area contributed by atoms with Crippen molar-refractivity contribution in [1.82, 2.24) is 30.4 Å². The van der Waals surface area contributed by atoms with E-state index >= 15 is 0 Å². The van der Waals surface area contributed by atoms with Crippen LogP contribution in [0.1, 0.15) is 35.3 Å². The number of aromatic nitrogens is 5. The van der Waals surface area contributed by atoms with Gasteiger partial charge in [0.05, 0.1) is 27.3 Å². The molecule has 4 aromatic rings. The molecule has 7 nitrogen and oxygen atoms in total. The highest BCUT2D eigenvalue weighted by atomic mass is 32.1. The van der Waals surface area contributed by atoms with Crippen molar-refractivity contribution in [3.8, 4) is 22.2 Å². The summed E-state index contributed by atoms with van der Waals surface area (Å²) in [5, 5.41) is 8.79. The van der Waals surface area contributed by atoms with E-state index in [1.165, 1.54) is 5.01 Å². The number of imidazole rings is 1. The first-order chi connectivity index (χ1) is 13.2. The van der Waals surface area contributed by atoms with E-state index < -0.39 is 0 Å². The summed E-state index contributed by atoms with van der Waals surface area (Å²) in [4.78, 5) is 18.2. The Balaban J connectivity index is 1.51. The van der Waals surface area contributed by atoms with Crippen LogP contribution in [0.5, 0.6) is 0 Å². The van der Waals surface area contributed by atoms with Gasteiger partial charge in [0.1, 0.15) is 10.7 Å². The van der Waals surface area contributed by atoms with Gasteiger partial charge in [-0.15, -0.1) is 11.3 Å². The number of aromatic amines is 1. The first-order valence-electron chi connectivity index (χ1n) is 9.17. The summed E-state index contributed by atoms with van der Waals surface area (Å²) in [5.74, 6) is 2.47. The van der Waals surface area contributed by atoms with E-state index in [1.807, 2.05) is 32.0 Å². The molecule has 8 heteroatoms. The Morgan fingerprint density at radius 1 is 1.11 bits per heavy atom. The average Bonchev–Trinajstić information content (AvgIpc) is 3.39. The molecule has 1 aliphatic heterocycles. The maximum absolute atomic E-state index is 5.60. The van der Waals surface area contributed by atoms with Gasteiger partial charge in [-0.1, -0.05) is 11.2 Å². The minimum atomic E-state index is 0.520. The quantitative estimate of drug-likeness (QED) is 0.561. The molecule has 3 aromatic heterocycles. The van der Waals surface area contributed by atoms with Crippen LogP contribution in [-0.2, 0) is 0 Å². The lowest BCUT2D eigenvalue weighted by Gasteiger charge is -2.20. The number of fused-ring (bicyclic) bond motifs is 1. The van der Waals surface area contributed by atoms with Crippen LogP contribution in [0.25, 0.3) is 33.2 Å². The molecule has 1 aliphatic rings. The number of nitrogens with one attached hydrogen (secondary N) is 2. The lowest BCUT2D eigenvalue weighted by Crippen LogP contribution is -2.26. The van der Waals surface area contributed by atoms with E-state index in [0.717, 1.165) is 58.9 Å². The average molecular weight is 380 g/mol. The summed E-state index contributed by atoms with van der Waals surface area (Å²) < 4.78 is 5.60. The highest BCUT2D eigenvalue weighted by Crippen LogP contribution is 2.36. The molecule has 0 saturated carbocycles. The molecule has 0 amide bonds. The van der Waals surface area contributed by atoms with Gasteiger partial charge in [0.25, 0.3) is 5.89 Å². The molecule has 0 atom stereocenters. The van der Waals surface area contributed by atoms with Gasteiger partial charge in [0, 0.05) is 5.92 Å². The number of H-pyrrole nitrogens is 1. The van der Waals surface area contributed by atoms with Crippen LogP contribution in [0.4, 0.5) is 0 Å². The first-order valence-corrected chi connectivity index (χ1v) is 9.98. The van der Waals surface area contributed by atoms with E-state index in [9.17, 15) is 0 Å². The maximum Gasteiger partial charge on any atom is 0.270 e. The second kappa shape index (κ2) is 6.54. The number of thiazole rings is 1. The third kappa shape index (κ3) is 2.94. The van der Waals surface area contributed by atoms with Gasteiger partial charge in [0.15, 0.2) is 0 Å². The third-order valence-corrected chi connectivity index (χ3v) is 6.30. The molecule has 2 N–H and O–H groups in total. The van der Waals surface area contributed by atoms with Gasteiger partial charge < -0.3 is 14.8 Å². The van der Waals surface area contributed by atoms with Crippen LogP contribution in [-0.4, -0.2) is 38.2 Å². The zero-order valence-corrected chi connectivity index (χ0v) is 16.1. The predicted molar refractivity (Wildman–Crippen MR) is 105 cm³/mol. The highest BCUT2D eigenvalue weighted by Gasteiger charge is 2.23. The van der Waals surface area contributed by atoms with Gasteiger partial charge in [0.2, 0.25) is 5.82 Å². The van der Waals surface area contributed by atoms with Crippen molar-refractivity contribution in [2.75, 3.05) is 13.1 Å². The summed E-state index contributed by atoms with van der Waals surface area (Å²) in [5.41, 5.74) is 3.66. The van der Waals surface area contributed by atoms with Crippen LogP contribution in [0.15, 0.2) is 22.7 Å². The van der Waals surface area contributed by atoms with Gasteiger partial charge >= 0.3 is 0 Å². The SMILES string of the molecule is Cc1nc2c(-c3noc(-c4sc(C5CCNCC5)nc4C)n3)cccc2[nH]1. The maximum atomic E-state index is 5.60. The summed E-state index contributed by atoms with van der Waals surface area (Å²) in [6.45, 7) is 6.05. The Labute approximate surface area is 160 Å². The Hall–Kier alpha value is -2.58. The van der Waals surface area contributed by atoms with Crippen molar-refractivity contribution in [2.45, 2.75) is 32.6 Å². The van der Waals surface area contributed by atoms with Gasteiger partial charge in [-0.25, -0.2) is 9.97 Å². The zero-order valence-electron chi connectivity index (χ0n) is 15.2. The number of rotatable bonds is 3. The fraction of sp³-hybridized carbons (Fsp3) is 0.368. The number of hydrogen-bond acceptors (Lipinski definition) is 7. The third-order valence-electron chi connectivity index (χ3n) is 4.99. The van der Waals surface area contributed by atoms with Gasteiger partial charge in [-0.3, -0.25) is 0 Å². The second-order valence-electron chi connectivity index (χ2n) is 6.94. The molecule has 1 aromatic carbocycles. The molecule has 0 bridgehead atoms. The van der Waals surface area contributed by atoms with Crippen molar-refractivity contribution in [2.24, 2.45) is 0 Å². The summed E-state index contributed by atoms with van der Waals surface area (Å²) in [7, 11) is 0. The minimum Gasteiger partial charge on any atom is -0.342 e. The molecule has 0 radical (unpaired) electrons. The van der Waals surface area contributed by atoms with Crippen LogP contribution in [0.3, 0.4) is 0 Å². The standard InChI is InChI=1S/C19H20N6OS/c1-10-16(27-19(21-10)12-6-8-20-9-7-12)18-24-17(25-26-18)13-4-3-5-14-15(13)23-11(2)22-14/h3-5,12,20H,6-9H2,1-2H3,(H,22,23). The van der Waals surface area contributed by atoms with Crippen molar-refractivity contribution in [1.29, 1.82) is 0 Å². The lowest BCUT2D eigenvalue weighted by atomic mass is 9.99. The fourth-order valence-electron chi connectivity index (χ4n) is 3.62. The largest absolute Gasteiger partial charge is 0.342 e. The number of aryl methyl sites for hydroxylation is 2. The van der Waals surface area contributed by atoms with E-state index in [4.69, 9.17) is 9.51 Å². The summed E-state index contributed by atoms with van der Waals surface area (Å²) in [6.07, 6.45) is 2.25. The first kappa shape index (κ1) is 16.6. The number of para-hydroxylation sites is 1. The Kier molecular flexibility index (Phi) is 4.02. The molecule has 0 spiro atoms. The lowest BCUT2D eigenvalue weighted by molar-refractivity contribution is 0.433. The second-order valence-corrected chi connectivity index (χ2v) is 7.97. The van der Waals surface area contributed by atoms with Crippen molar-refractivity contribution >= 4 is 22.4 Å². The number of hydrogen-bond donors (Lipinski definition) is 2. The molecular formula is C19H20N6OS. The van der Waals surface area contributed by atoms with Crippen molar-refractivity contribution < 1.29 is 4.52 Å². The van der Waals surface area contributed by atoms with E-state index in [0.29, 0.717) is 17.6 Å². The summed E-state index contributed by atoms with van der Waals surface area (Å²) in [6, 6.07) is 5.94. The number of nitrogens with zero attached hydrogens (tertiary/aromatic N) is 4. The molecular weight excluding hydrogens is 360 g/mol. The molecule has 0 unspecified atom stereocenters. The molecule has 1 fully saturated rings. The number of benzene rings is 1. The van der Waals surface area contributed by atoms with Crippen LogP contribution < -0.4 is 5.32 Å². The molecule has 138 valence electrons. The van der Waals surface area contributed by atoms with Crippen LogP contribution in [0.2, 0.25) is 0 Å². The zero-order chi connectivity index (χ0) is 18.4. The molecule has 4 heterocycles. The Bertz CT molecular complexity index is 1100. The van der Waals surface area contributed by atoms with E-state index in [1.54, 1.807) is 11.3 Å². The normalized spacial score (nSPS) is 15.6. The minimum absolute atomic E-state index is 0.520. The van der Waals surface area contributed by atoms with Gasteiger partial charge in [-0.05, 0) is 51.9 Å². The molecule has 27 heavy (non-hydrogen) atoms. The topological polar surface area (TPSA) is 92.5 Å². The fourth-order valence-corrected chi connectivity index (χ4v) is 4.78. The van der Waals surface area contributed by atoms with Gasteiger partial charge in [-0.2, -0.15) is 4.98 Å². The smallest absolute Gasteiger partial charge is 0.270 e. The predicted octanol–water partition coefficient (Wildman–Crippen LogP) is 3.82. The van der Waals surface area contributed by atoms with E-state index in [-0.39, 0.29) is 0 Å². The number of piperidine rings is 1. The molecule has 1 saturated heterocycles. The van der Waals surface area contributed by atoms with E-state index in [2.05, 4.69) is 25.4 Å². The van der Waals surface area contributed by atoms with Crippen molar-refractivity contribution in [3.05, 3.63) is 34.7 Å². The van der Waals surface area contributed by atoms with Crippen LogP contribution >= 0.6 is 11.3 Å². The Morgan fingerprint density at radius 2 is 1.96 bits per heavy atom. The van der Waals surface area contributed by atoms with Crippen LogP contribution in [0, 0.1) is 13.8 Å².